The quantitative estimate of drug-likeness (QED) is 0.173. The monoisotopic (exact) mass is 583 g/mol. The zero-order chi connectivity index (χ0) is 31.6. The van der Waals surface area contributed by atoms with E-state index < -0.39 is 0 Å². The zero-order valence-corrected chi connectivity index (χ0v) is 28.2. The summed E-state index contributed by atoms with van der Waals surface area (Å²) in [5.41, 5.74) is 12.7. The van der Waals surface area contributed by atoms with Gasteiger partial charge in [0.05, 0.1) is 5.69 Å². The lowest BCUT2D eigenvalue weighted by atomic mass is 9.82. The molecule has 0 saturated carbocycles. The van der Waals surface area contributed by atoms with Crippen molar-refractivity contribution >= 4 is 0 Å². The summed E-state index contributed by atoms with van der Waals surface area (Å²) in [7, 11) is 0. The van der Waals surface area contributed by atoms with Crippen molar-refractivity contribution in [3.63, 3.8) is 0 Å². The molecule has 3 nitrogen and oxygen atoms in total. The Morgan fingerprint density at radius 1 is 0.682 bits per heavy atom. The van der Waals surface area contributed by atoms with Gasteiger partial charge in [-0.05, 0) is 107 Å². The number of hydrogen-bond donors (Lipinski definition) is 0. The smallest absolute Gasteiger partial charge is 0.168 e. The van der Waals surface area contributed by atoms with Gasteiger partial charge in [-0.2, -0.15) is 0 Å². The summed E-state index contributed by atoms with van der Waals surface area (Å²) in [5, 5.41) is 9.82. The molecule has 0 aliphatic carbocycles. The lowest BCUT2D eigenvalue weighted by molar-refractivity contribution is 0.587. The molecule has 228 valence electrons. The molecule has 0 spiro atoms. The molecule has 0 bridgehead atoms. The molecule has 1 heterocycles. The summed E-state index contributed by atoms with van der Waals surface area (Å²) in [4.78, 5) is 0. The van der Waals surface area contributed by atoms with Crippen LogP contribution in [0.1, 0.15) is 95.3 Å². The van der Waals surface area contributed by atoms with Crippen molar-refractivity contribution in [3.8, 4) is 39.3 Å². The number of aryl methyl sites for hydroxylation is 2. The Morgan fingerprint density at radius 3 is 1.93 bits per heavy atom. The zero-order valence-electron chi connectivity index (χ0n) is 28.2. The molecule has 0 radical (unpaired) electrons. The van der Waals surface area contributed by atoms with E-state index in [0.29, 0.717) is 11.8 Å². The third-order valence-corrected chi connectivity index (χ3v) is 8.90. The van der Waals surface area contributed by atoms with Crippen LogP contribution in [0.2, 0.25) is 0 Å². The van der Waals surface area contributed by atoms with Gasteiger partial charge in [0, 0.05) is 11.5 Å². The maximum atomic E-state index is 4.92. The largest absolute Gasteiger partial charge is 0.278 e. The number of hydrogen-bond acceptors (Lipinski definition) is 2. The highest BCUT2D eigenvalue weighted by molar-refractivity contribution is 5.76. The van der Waals surface area contributed by atoms with Crippen LogP contribution in [0.25, 0.3) is 39.3 Å². The van der Waals surface area contributed by atoms with E-state index in [1.807, 2.05) is 0 Å². The molecule has 0 unspecified atom stereocenters. The molecule has 0 saturated heterocycles. The first-order valence-corrected chi connectivity index (χ1v) is 16.4. The van der Waals surface area contributed by atoms with Crippen LogP contribution in [0.15, 0.2) is 84.9 Å². The van der Waals surface area contributed by atoms with E-state index in [1.54, 1.807) is 0 Å². The average molecular weight is 584 g/mol. The van der Waals surface area contributed by atoms with Crippen molar-refractivity contribution < 1.29 is 0 Å². The molecule has 44 heavy (non-hydrogen) atoms. The van der Waals surface area contributed by atoms with Gasteiger partial charge in [-0.15, -0.1) is 10.2 Å². The minimum Gasteiger partial charge on any atom is -0.278 e. The van der Waals surface area contributed by atoms with Gasteiger partial charge in [0.25, 0.3) is 0 Å². The highest BCUT2D eigenvalue weighted by atomic mass is 15.3. The molecule has 4 aromatic carbocycles. The van der Waals surface area contributed by atoms with Crippen molar-refractivity contribution in [1.82, 2.24) is 14.8 Å². The van der Waals surface area contributed by atoms with E-state index in [1.165, 1.54) is 50.2 Å². The van der Waals surface area contributed by atoms with Gasteiger partial charge < -0.3 is 0 Å². The van der Waals surface area contributed by atoms with Gasteiger partial charge >= 0.3 is 0 Å². The van der Waals surface area contributed by atoms with Crippen LogP contribution in [-0.2, 0) is 11.8 Å². The lowest BCUT2D eigenvalue weighted by Crippen LogP contribution is -2.12. The number of nitrogens with zero attached hydrogens (tertiary/aromatic N) is 3. The van der Waals surface area contributed by atoms with Gasteiger partial charge in [0.1, 0.15) is 5.82 Å². The molecule has 1 aromatic heterocycles. The highest BCUT2D eigenvalue weighted by Crippen LogP contribution is 2.37. The van der Waals surface area contributed by atoms with Gasteiger partial charge in [0.15, 0.2) is 5.82 Å². The fourth-order valence-corrected chi connectivity index (χ4v) is 6.52. The van der Waals surface area contributed by atoms with E-state index in [0.717, 1.165) is 36.5 Å². The third-order valence-electron chi connectivity index (χ3n) is 8.90. The normalized spacial score (nSPS) is 12.0. The van der Waals surface area contributed by atoms with Crippen LogP contribution >= 0.6 is 0 Å². The number of aromatic nitrogens is 3. The summed E-state index contributed by atoms with van der Waals surface area (Å²) in [6.45, 7) is 20.4. The predicted octanol–water partition coefficient (Wildman–Crippen LogP) is 11.3. The van der Waals surface area contributed by atoms with E-state index in [4.69, 9.17) is 10.2 Å². The number of rotatable bonds is 9. The highest BCUT2D eigenvalue weighted by Gasteiger charge is 2.24. The summed E-state index contributed by atoms with van der Waals surface area (Å²) >= 11 is 0. The first kappa shape index (κ1) is 31.4. The van der Waals surface area contributed by atoms with Crippen molar-refractivity contribution in [3.05, 3.63) is 113 Å². The van der Waals surface area contributed by atoms with Gasteiger partial charge in [-0.3, -0.25) is 4.57 Å². The van der Waals surface area contributed by atoms with Crippen LogP contribution in [0.3, 0.4) is 0 Å². The Bertz CT molecular complexity index is 1710. The Labute approximate surface area is 265 Å². The molecular weight excluding hydrogens is 534 g/mol. The van der Waals surface area contributed by atoms with Crippen LogP contribution in [0.4, 0.5) is 0 Å². The maximum Gasteiger partial charge on any atom is 0.168 e. The van der Waals surface area contributed by atoms with Gasteiger partial charge in [-0.25, -0.2) is 0 Å². The van der Waals surface area contributed by atoms with Crippen molar-refractivity contribution in [1.29, 1.82) is 0 Å². The fraction of sp³-hybridized carbons (Fsp3) is 0.366. The van der Waals surface area contributed by atoms with Crippen molar-refractivity contribution in [2.24, 2.45) is 5.92 Å². The first-order valence-electron chi connectivity index (χ1n) is 16.4. The molecule has 0 atom stereocenters. The molecular formula is C41H49N3. The van der Waals surface area contributed by atoms with Crippen LogP contribution in [0, 0.1) is 19.8 Å². The van der Waals surface area contributed by atoms with Crippen molar-refractivity contribution in [2.45, 2.75) is 92.9 Å². The average Bonchev–Trinajstić information content (AvgIpc) is 3.42. The Balaban J connectivity index is 1.70. The second kappa shape index (κ2) is 12.9. The molecule has 0 aliphatic rings. The maximum absolute atomic E-state index is 4.92. The molecule has 0 N–H and O–H groups in total. The van der Waals surface area contributed by atoms with Gasteiger partial charge in [0.2, 0.25) is 0 Å². The van der Waals surface area contributed by atoms with Crippen molar-refractivity contribution in [2.75, 3.05) is 0 Å². The second-order valence-corrected chi connectivity index (χ2v) is 13.9. The van der Waals surface area contributed by atoms with E-state index in [2.05, 4.69) is 152 Å². The Hall–Kier alpha value is -3.98. The van der Waals surface area contributed by atoms with Crippen LogP contribution < -0.4 is 0 Å². The van der Waals surface area contributed by atoms with E-state index in [9.17, 15) is 0 Å². The first-order chi connectivity index (χ1) is 21.0. The van der Waals surface area contributed by atoms with E-state index in [-0.39, 0.29) is 5.41 Å². The third kappa shape index (κ3) is 6.43. The topological polar surface area (TPSA) is 30.7 Å². The van der Waals surface area contributed by atoms with Crippen LogP contribution in [-0.4, -0.2) is 14.8 Å². The molecule has 0 amide bonds. The summed E-state index contributed by atoms with van der Waals surface area (Å²) in [6, 6.07) is 31.2. The minimum absolute atomic E-state index is 0.113. The predicted molar refractivity (Wildman–Crippen MR) is 188 cm³/mol. The Kier molecular flexibility index (Phi) is 9.25. The van der Waals surface area contributed by atoms with Crippen LogP contribution in [0.5, 0.6) is 0 Å². The molecule has 0 aliphatic heterocycles. The lowest BCUT2D eigenvalue weighted by Gasteiger charge is -2.23. The molecule has 5 aromatic rings. The Morgan fingerprint density at radius 2 is 1.32 bits per heavy atom. The summed E-state index contributed by atoms with van der Waals surface area (Å²) < 4.78 is 2.37. The molecule has 3 heteroatoms. The second-order valence-electron chi connectivity index (χ2n) is 13.9. The summed E-state index contributed by atoms with van der Waals surface area (Å²) in [5.74, 6) is 2.80. The minimum atomic E-state index is 0.113. The molecule has 5 rings (SSSR count). The fourth-order valence-electron chi connectivity index (χ4n) is 6.52. The van der Waals surface area contributed by atoms with E-state index >= 15 is 0 Å². The standard InChI is InChI=1S/C41H49N3/c1-10-30(11-2)39-42-43-40(34-19-15-18-33(26-34)38-28(5)23-36(24-29(38)6)41(7,8)9)44(39)37-21-20-32(25-35(37)22-27(3)4)31-16-13-12-14-17-31/h12-21,23-27,30H,10-11,22H2,1-9H3. The SMILES string of the molecule is CCC(CC)c1nnc(-c2cccc(-c3c(C)cc(C(C)(C)C)cc3C)c2)n1-c1ccc(-c2ccccc2)cc1CC(C)C. The summed E-state index contributed by atoms with van der Waals surface area (Å²) in [6.07, 6.45) is 3.03. The molecule has 0 fully saturated rings. The number of benzene rings is 4. The van der Waals surface area contributed by atoms with Gasteiger partial charge in [-0.1, -0.05) is 115 Å².